The summed E-state index contributed by atoms with van der Waals surface area (Å²) >= 11 is 0. The zero-order valence-corrected chi connectivity index (χ0v) is 14.3. The summed E-state index contributed by atoms with van der Waals surface area (Å²) in [6.45, 7) is 1.93. The molecular formula is C20H19N3O3. The highest BCUT2D eigenvalue weighted by molar-refractivity contribution is 5.96. The Hall–Kier alpha value is -3.41. The minimum atomic E-state index is -0.980. The number of benzene rings is 2. The van der Waals surface area contributed by atoms with E-state index in [0.29, 0.717) is 12.1 Å². The second-order valence-corrected chi connectivity index (χ2v) is 5.94. The van der Waals surface area contributed by atoms with Crippen LogP contribution in [0.5, 0.6) is 0 Å². The van der Waals surface area contributed by atoms with Crippen LogP contribution in [0.2, 0.25) is 0 Å². The summed E-state index contributed by atoms with van der Waals surface area (Å²) < 4.78 is 0. The molecule has 0 aliphatic carbocycles. The minimum Gasteiger partial charge on any atom is -0.478 e. The number of amides is 1. The predicted molar refractivity (Wildman–Crippen MR) is 99.1 cm³/mol. The average Bonchev–Trinajstić information content (AvgIpc) is 3.18. The quantitative estimate of drug-likeness (QED) is 0.629. The van der Waals surface area contributed by atoms with Crippen molar-refractivity contribution >= 4 is 17.6 Å². The Balaban J connectivity index is 1.71. The highest BCUT2D eigenvalue weighted by atomic mass is 16.4. The van der Waals surface area contributed by atoms with Gasteiger partial charge in [0, 0.05) is 17.4 Å². The van der Waals surface area contributed by atoms with Gasteiger partial charge in [-0.3, -0.25) is 9.89 Å². The van der Waals surface area contributed by atoms with E-state index >= 15 is 0 Å². The van der Waals surface area contributed by atoms with Gasteiger partial charge >= 0.3 is 5.97 Å². The number of carboxylic acid groups (broad SMARTS) is 1. The Labute approximate surface area is 150 Å². The molecular weight excluding hydrogens is 330 g/mol. The molecule has 0 aliphatic rings. The maximum atomic E-state index is 12.6. The Bertz CT molecular complexity index is 885. The van der Waals surface area contributed by atoms with Crippen LogP contribution in [-0.2, 0) is 4.79 Å². The van der Waals surface area contributed by atoms with Gasteiger partial charge < -0.3 is 10.4 Å². The molecule has 2 aromatic carbocycles. The van der Waals surface area contributed by atoms with Gasteiger partial charge in [-0.15, -0.1) is 0 Å². The lowest BCUT2D eigenvalue weighted by Gasteiger charge is -2.16. The molecule has 0 bridgehead atoms. The van der Waals surface area contributed by atoms with E-state index in [2.05, 4.69) is 15.5 Å². The minimum absolute atomic E-state index is 0.119. The Morgan fingerprint density at radius 1 is 1.08 bits per heavy atom. The first-order valence-corrected chi connectivity index (χ1v) is 8.32. The normalized spacial score (nSPS) is 11.7. The molecule has 0 saturated carbocycles. The Kier molecular flexibility index (Phi) is 5.12. The van der Waals surface area contributed by atoms with Crippen molar-refractivity contribution in [2.45, 2.75) is 19.3 Å². The third-order valence-electron chi connectivity index (χ3n) is 4.27. The number of aromatic nitrogens is 2. The molecule has 132 valence electrons. The molecule has 3 rings (SSSR count). The first kappa shape index (κ1) is 17.4. The van der Waals surface area contributed by atoms with Crippen LogP contribution >= 0.6 is 0 Å². The Morgan fingerprint density at radius 2 is 1.77 bits per heavy atom. The summed E-state index contributed by atoms with van der Waals surface area (Å²) in [6.07, 6.45) is 4.16. The summed E-state index contributed by atoms with van der Waals surface area (Å²) in [5, 5.41) is 18.6. The van der Waals surface area contributed by atoms with E-state index in [-0.39, 0.29) is 17.4 Å². The van der Waals surface area contributed by atoms with Gasteiger partial charge in [0.25, 0.3) is 0 Å². The van der Waals surface area contributed by atoms with E-state index in [1.807, 2.05) is 37.4 Å². The second-order valence-electron chi connectivity index (χ2n) is 5.94. The summed E-state index contributed by atoms with van der Waals surface area (Å²) in [5.74, 6) is -1.44. The fraction of sp³-hybridized carbons (Fsp3) is 0.150. The van der Waals surface area contributed by atoms with E-state index in [1.54, 1.807) is 18.3 Å². The van der Waals surface area contributed by atoms with Gasteiger partial charge in [-0.2, -0.15) is 5.10 Å². The van der Waals surface area contributed by atoms with E-state index in [0.717, 1.165) is 16.7 Å². The summed E-state index contributed by atoms with van der Waals surface area (Å²) in [6, 6.07) is 14.0. The van der Waals surface area contributed by atoms with Crippen LogP contribution in [0.25, 0.3) is 11.1 Å². The highest BCUT2D eigenvalue weighted by Gasteiger charge is 2.19. The number of rotatable bonds is 6. The molecule has 1 heterocycles. The van der Waals surface area contributed by atoms with Crippen molar-refractivity contribution in [3.63, 3.8) is 0 Å². The number of carbonyl (C=O) groups is 2. The molecule has 1 atom stereocenters. The van der Waals surface area contributed by atoms with Crippen LogP contribution in [0.4, 0.5) is 5.69 Å². The molecule has 1 amide bonds. The van der Waals surface area contributed by atoms with Gasteiger partial charge in [0.2, 0.25) is 5.91 Å². The molecule has 0 spiro atoms. The molecule has 0 radical (unpaired) electrons. The molecule has 6 heteroatoms. The third kappa shape index (κ3) is 3.80. The Morgan fingerprint density at radius 3 is 2.31 bits per heavy atom. The molecule has 3 aromatic rings. The summed E-state index contributed by atoms with van der Waals surface area (Å²) in [7, 11) is 0. The van der Waals surface area contributed by atoms with Crippen LogP contribution in [0, 0.1) is 0 Å². The lowest BCUT2D eigenvalue weighted by Crippen LogP contribution is -2.20. The smallest absolute Gasteiger partial charge is 0.335 e. The largest absolute Gasteiger partial charge is 0.478 e. The number of aromatic amines is 1. The first-order chi connectivity index (χ1) is 12.6. The van der Waals surface area contributed by atoms with Crippen LogP contribution in [0.15, 0.2) is 60.9 Å². The van der Waals surface area contributed by atoms with Crippen LogP contribution in [0.3, 0.4) is 0 Å². The molecule has 3 N–H and O–H groups in total. The lowest BCUT2D eigenvalue weighted by molar-refractivity contribution is -0.117. The topological polar surface area (TPSA) is 95.1 Å². The lowest BCUT2D eigenvalue weighted by atomic mass is 9.94. The molecule has 26 heavy (non-hydrogen) atoms. The number of aromatic carboxylic acids is 1. The van der Waals surface area contributed by atoms with Crippen molar-refractivity contribution < 1.29 is 14.7 Å². The maximum Gasteiger partial charge on any atom is 0.335 e. The molecule has 0 fully saturated rings. The van der Waals surface area contributed by atoms with Crippen LogP contribution < -0.4 is 5.32 Å². The SMILES string of the molecule is CCC(C(=O)Nc1ccc(-c2cn[nH]c2)cc1)c1ccc(C(=O)O)cc1. The predicted octanol–water partition coefficient (Wildman–Crippen LogP) is 3.91. The second kappa shape index (κ2) is 7.65. The first-order valence-electron chi connectivity index (χ1n) is 8.32. The number of carbonyl (C=O) groups excluding carboxylic acids is 1. The van der Waals surface area contributed by atoms with E-state index in [9.17, 15) is 9.59 Å². The van der Waals surface area contributed by atoms with Gasteiger partial charge in [0.1, 0.15) is 0 Å². The third-order valence-corrected chi connectivity index (χ3v) is 4.27. The van der Waals surface area contributed by atoms with Gasteiger partial charge in [-0.05, 0) is 41.8 Å². The van der Waals surface area contributed by atoms with Crippen LogP contribution in [-0.4, -0.2) is 27.2 Å². The zero-order valence-electron chi connectivity index (χ0n) is 14.3. The van der Waals surface area contributed by atoms with Gasteiger partial charge in [0.05, 0.1) is 17.7 Å². The van der Waals surface area contributed by atoms with Gasteiger partial charge in [0.15, 0.2) is 0 Å². The monoisotopic (exact) mass is 349 g/mol. The van der Waals surface area contributed by atoms with Crippen molar-refractivity contribution in [2.24, 2.45) is 0 Å². The number of carboxylic acids is 1. The van der Waals surface area contributed by atoms with Crippen molar-refractivity contribution in [1.82, 2.24) is 10.2 Å². The van der Waals surface area contributed by atoms with Crippen molar-refractivity contribution in [3.8, 4) is 11.1 Å². The van der Waals surface area contributed by atoms with E-state index in [1.165, 1.54) is 12.1 Å². The van der Waals surface area contributed by atoms with Crippen LogP contribution in [0.1, 0.15) is 35.2 Å². The number of hydrogen-bond donors (Lipinski definition) is 3. The number of hydrogen-bond acceptors (Lipinski definition) is 3. The molecule has 0 saturated heterocycles. The molecule has 1 unspecified atom stereocenters. The number of anilines is 1. The molecule has 6 nitrogen and oxygen atoms in total. The molecule has 0 aliphatic heterocycles. The fourth-order valence-corrected chi connectivity index (χ4v) is 2.81. The summed E-state index contributed by atoms with van der Waals surface area (Å²) in [5.41, 5.74) is 3.70. The molecule has 1 aromatic heterocycles. The number of nitrogens with one attached hydrogen (secondary N) is 2. The summed E-state index contributed by atoms with van der Waals surface area (Å²) in [4.78, 5) is 23.6. The van der Waals surface area contributed by atoms with Gasteiger partial charge in [-0.1, -0.05) is 31.2 Å². The fourth-order valence-electron chi connectivity index (χ4n) is 2.81. The number of nitrogens with zero attached hydrogens (tertiary/aromatic N) is 1. The van der Waals surface area contributed by atoms with E-state index in [4.69, 9.17) is 5.11 Å². The van der Waals surface area contributed by atoms with Crippen molar-refractivity contribution in [1.29, 1.82) is 0 Å². The standard InChI is InChI=1S/C20H19N3O3/c1-2-18(14-3-5-15(6-4-14)20(25)26)19(24)23-17-9-7-13(8-10-17)16-11-21-22-12-16/h3-12,18H,2H2,1H3,(H,21,22)(H,23,24)(H,25,26). The number of H-pyrrole nitrogens is 1. The zero-order chi connectivity index (χ0) is 18.5. The van der Waals surface area contributed by atoms with E-state index < -0.39 is 5.97 Å². The maximum absolute atomic E-state index is 12.6. The average molecular weight is 349 g/mol. The van der Waals surface area contributed by atoms with Crippen molar-refractivity contribution in [3.05, 3.63) is 72.1 Å². The van der Waals surface area contributed by atoms with Crippen molar-refractivity contribution in [2.75, 3.05) is 5.32 Å². The van der Waals surface area contributed by atoms with Gasteiger partial charge in [-0.25, -0.2) is 4.79 Å². The highest BCUT2D eigenvalue weighted by Crippen LogP contribution is 2.24.